The van der Waals surface area contributed by atoms with Crippen LogP contribution in [0.5, 0.6) is 0 Å². The van der Waals surface area contributed by atoms with Crippen LogP contribution in [0.2, 0.25) is 0 Å². The molecule has 2 aromatic rings. The van der Waals surface area contributed by atoms with Gasteiger partial charge in [-0.05, 0) is 0 Å². The summed E-state index contributed by atoms with van der Waals surface area (Å²) in [6.45, 7) is 8.45. The van der Waals surface area contributed by atoms with E-state index in [9.17, 15) is 0 Å². The number of H-pyrrole nitrogens is 1. The lowest BCUT2D eigenvalue weighted by Gasteiger charge is -2.27. The van der Waals surface area contributed by atoms with Gasteiger partial charge in [0, 0.05) is 39.3 Å². The topological polar surface area (TPSA) is 91.4 Å². The van der Waals surface area contributed by atoms with E-state index in [1.165, 1.54) is 0 Å². The summed E-state index contributed by atoms with van der Waals surface area (Å²) >= 11 is 0. The molecule has 2 aliphatic heterocycles. The lowest BCUT2D eigenvalue weighted by atomic mass is 10.4. The lowest BCUT2D eigenvalue weighted by Crippen LogP contribution is -2.39. The van der Waals surface area contributed by atoms with Crippen molar-refractivity contribution in [2.75, 3.05) is 75.9 Å². The van der Waals surface area contributed by atoms with Gasteiger partial charge in [0.15, 0.2) is 11.5 Å². The van der Waals surface area contributed by atoms with Gasteiger partial charge in [-0.3, -0.25) is 4.90 Å². The first-order valence-electron chi connectivity index (χ1n) is 8.48. The minimum absolute atomic E-state index is 0.695. The number of nitrogens with one attached hydrogen (secondary N) is 2. The van der Waals surface area contributed by atoms with E-state index < -0.39 is 0 Å². The number of hydrogen-bond donors (Lipinski definition) is 2. The Kier molecular flexibility index (Phi) is 4.72. The minimum atomic E-state index is 0.695. The van der Waals surface area contributed by atoms with E-state index >= 15 is 0 Å². The Morgan fingerprint density at radius 2 is 1.79 bits per heavy atom. The highest BCUT2D eigenvalue weighted by Gasteiger charge is 2.18. The van der Waals surface area contributed by atoms with Crippen molar-refractivity contribution in [3.05, 3.63) is 6.33 Å². The van der Waals surface area contributed by atoms with Crippen LogP contribution in [-0.2, 0) is 9.47 Å². The molecule has 4 rings (SSSR count). The van der Waals surface area contributed by atoms with Crippen LogP contribution in [0, 0.1) is 0 Å². The largest absolute Gasteiger partial charge is 0.379 e. The zero-order valence-electron chi connectivity index (χ0n) is 13.7. The number of imidazole rings is 1. The molecule has 2 fully saturated rings. The molecule has 0 amide bonds. The lowest BCUT2D eigenvalue weighted by molar-refractivity contribution is 0.0398. The molecule has 0 saturated carbocycles. The van der Waals surface area contributed by atoms with Crippen LogP contribution in [-0.4, -0.2) is 90.5 Å². The van der Waals surface area contributed by atoms with Gasteiger partial charge < -0.3 is 24.7 Å². The molecule has 0 aromatic carbocycles. The van der Waals surface area contributed by atoms with Gasteiger partial charge in [0.05, 0.1) is 32.8 Å². The molecule has 2 aliphatic rings. The highest BCUT2D eigenvalue weighted by molar-refractivity contribution is 5.83. The van der Waals surface area contributed by atoms with Gasteiger partial charge in [-0.15, -0.1) is 0 Å². The molecule has 0 aliphatic carbocycles. The van der Waals surface area contributed by atoms with E-state index in [-0.39, 0.29) is 0 Å². The number of morpholine rings is 2. The van der Waals surface area contributed by atoms with Crippen molar-refractivity contribution in [1.82, 2.24) is 24.8 Å². The molecular formula is C15H23N7O2. The van der Waals surface area contributed by atoms with Crippen molar-refractivity contribution in [3.63, 3.8) is 0 Å². The predicted octanol–water partition coefficient (Wildman–Crippen LogP) is -0.0664. The number of nitrogens with zero attached hydrogens (tertiary/aromatic N) is 5. The minimum Gasteiger partial charge on any atom is -0.379 e. The molecule has 0 radical (unpaired) electrons. The third kappa shape index (κ3) is 3.42. The molecule has 2 aromatic heterocycles. The van der Waals surface area contributed by atoms with E-state index in [0.29, 0.717) is 24.8 Å². The van der Waals surface area contributed by atoms with E-state index in [1.807, 2.05) is 0 Å². The summed E-state index contributed by atoms with van der Waals surface area (Å²) in [5, 5.41) is 3.44. The Labute approximate surface area is 140 Å². The average molecular weight is 333 g/mol. The van der Waals surface area contributed by atoms with Crippen LogP contribution < -0.4 is 10.2 Å². The average Bonchev–Trinajstić information content (AvgIpc) is 3.12. The zero-order valence-corrected chi connectivity index (χ0v) is 13.7. The summed E-state index contributed by atoms with van der Waals surface area (Å²) in [6.07, 6.45) is 1.66. The molecule has 4 heterocycles. The maximum atomic E-state index is 5.41. The van der Waals surface area contributed by atoms with Gasteiger partial charge in [-0.25, -0.2) is 4.98 Å². The molecule has 0 atom stereocenters. The fourth-order valence-corrected chi connectivity index (χ4v) is 3.01. The molecule has 0 bridgehead atoms. The Morgan fingerprint density at radius 3 is 2.58 bits per heavy atom. The molecule has 24 heavy (non-hydrogen) atoms. The van der Waals surface area contributed by atoms with E-state index in [4.69, 9.17) is 14.5 Å². The standard InChI is InChI=1S/C15H23N7O2/c1(2-21-3-7-23-8-4-21)16-13-12-14(18-11-17-12)20-15(19-13)22-5-9-24-10-6-22/h11H,1-10H2,(H2,16,17,18,19,20). The SMILES string of the molecule is c1nc2nc(N3CCOCC3)nc(NCCN3CCOCC3)c2[nH]1. The maximum absolute atomic E-state index is 5.41. The van der Waals surface area contributed by atoms with Crippen LogP contribution >= 0.6 is 0 Å². The molecule has 0 unspecified atom stereocenters. The molecule has 9 nitrogen and oxygen atoms in total. The third-order valence-electron chi connectivity index (χ3n) is 4.39. The van der Waals surface area contributed by atoms with Crippen LogP contribution in [0.4, 0.5) is 11.8 Å². The zero-order chi connectivity index (χ0) is 16.2. The number of rotatable bonds is 5. The Balaban J connectivity index is 1.47. The second kappa shape index (κ2) is 7.29. The second-order valence-electron chi connectivity index (χ2n) is 5.95. The Morgan fingerprint density at radius 1 is 1.04 bits per heavy atom. The smallest absolute Gasteiger partial charge is 0.229 e. The highest BCUT2D eigenvalue weighted by atomic mass is 16.5. The van der Waals surface area contributed by atoms with Gasteiger partial charge in [-0.2, -0.15) is 9.97 Å². The summed E-state index contributed by atoms with van der Waals surface area (Å²) in [6, 6.07) is 0. The molecule has 2 N–H and O–H groups in total. The van der Waals surface area contributed by atoms with Crippen LogP contribution in [0.15, 0.2) is 6.33 Å². The number of fused-ring (bicyclic) bond motifs is 1. The van der Waals surface area contributed by atoms with Crippen molar-refractivity contribution >= 4 is 22.9 Å². The highest BCUT2D eigenvalue weighted by Crippen LogP contribution is 2.21. The van der Waals surface area contributed by atoms with Crippen molar-refractivity contribution in [2.24, 2.45) is 0 Å². The van der Waals surface area contributed by atoms with Gasteiger partial charge in [0.1, 0.15) is 5.52 Å². The normalized spacial score (nSPS) is 19.8. The van der Waals surface area contributed by atoms with E-state index in [0.717, 1.165) is 63.8 Å². The van der Waals surface area contributed by atoms with Crippen molar-refractivity contribution in [3.8, 4) is 0 Å². The quantitative estimate of drug-likeness (QED) is 0.786. The predicted molar refractivity (Wildman–Crippen MR) is 90.5 cm³/mol. The number of anilines is 2. The van der Waals surface area contributed by atoms with Gasteiger partial charge in [0.25, 0.3) is 0 Å². The first-order valence-corrected chi connectivity index (χ1v) is 8.48. The third-order valence-corrected chi connectivity index (χ3v) is 4.39. The van der Waals surface area contributed by atoms with Crippen LogP contribution in [0.25, 0.3) is 11.2 Å². The number of aromatic amines is 1. The Bertz CT molecular complexity index is 665. The number of aromatic nitrogens is 4. The number of ether oxygens (including phenoxy) is 2. The van der Waals surface area contributed by atoms with Crippen LogP contribution in [0.3, 0.4) is 0 Å². The Hall–Kier alpha value is -1.97. The summed E-state index contributed by atoms with van der Waals surface area (Å²) in [7, 11) is 0. The first-order chi connectivity index (χ1) is 11.9. The second-order valence-corrected chi connectivity index (χ2v) is 5.95. The van der Waals surface area contributed by atoms with E-state index in [2.05, 4.69) is 30.1 Å². The summed E-state index contributed by atoms with van der Waals surface area (Å²) < 4.78 is 10.8. The first kappa shape index (κ1) is 15.6. The summed E-state index contributed by atoms with van der Waals surface area (Å²) in [4.78, 5) is 21.3. The maximum Gasteiger partial charge on any atom is 0.229 e. The molecule has 0 spiro atoms. The van der Waals surface area contributed by atoms with Crippen molar-refractivity contribution < 1.29 is 9.47 Å². The molecule has 2 saturated heterocycles. The van der Waals surface area contributed by atoms with Gasteiger partial charge >= 0.3 is 0 Å². The van der Waals surface area contributed by atoms with Crippen molar-refractivity contribution in [2.45, 2.75) is 0 Å². The molecular weight excluding hydrogens is 310 g/mol. The summed E-state index contributed by atoms with van der Waals surface area (Å²) in [5.74, 6) is 1.53. The van der Waals surface area contributed by atoms with Gasteiger partial charge in [0.2, 0.25) is 5.95 Å². The van der Waals surface area contributed by atoms with Crippen LogP contribution in [0.1, 0.15) is 0 Å². The monoisotopic (exact) mass is 333 g/mol. The van der Waals surface area contributed by atoms with Gasteiger partial charge in [-0.1, -0.05) is 0 Å². The van der Waals surface area contributed by atoms with E-state index in [1.54, 1.807) is 6.33 Å². The molecule has 130 valence electrons. The molecule has 9 heteroatoms. The number of hydrogen-bond acceptors (Lipinski definition) is 8. The van der Waals surface area contributed by atoms with Crippen molar-refractivity contribution in [1.29, 1.82) is 0 Å². The summed E-state index contributed by atoms with van der Waals surface area (Å²) in [5.41, 5.74) is 1.55. The fraction of sp³-hybridized carbons (Fsp3) is 0.667. The fourth-order valence-electron chi connectivity index (χ4n) is 3.01.